The summed E-state index contributed by atoms with van der Waals surface area (Å²) in [5.74, 6) is 2.49. The second-order valence-corrected chi connectivity index (χ2v) is 10.3. The first-order chi connectivity index (χ1) is 15.2. The van der Waals surface area contributed by atoms with E-state index in [0.717, 1.165) is 16.7 Å². The van der Waals surface area contributed by atoms with Crippen LogP contribution in [-0.2, 0) is 38.0 Å². The lowest BCUT2D eigenvalue weighted by molar-refractivity contribution is 0.0826. The van der Waals surface area contributed by atoms with Crippen molar-refractivity contribution in [3.05, 3.63) is 71.0 Å². The van der Waals surface area contributed by atoms with Gasteiger partial charge in [-0.15, -0.1) is 0 Å². The molecular weight excluding hydrogens is 431 g/mol. The van der Waals surface area contributed by atoms with Gasteiger partial charge in [-0.25, -0.2) is 4.57 Å². The average Bonchev–Trinajstić information content (AvgIpc) is 3.49. The van der Waals surface area contributed by atoms with Gasteiger partial charge in [0.25, 0.3) is 0 Å². The molecule has 3 rings (SSSR count). The standard InChI is InChI=1S/C24H33O7P/c1-16(2)19-7-10-26-22(19)13-29-32(25,30-14-23-20(17(3)4)8-11-27-23)31-15-24-21(18(5)6)9-12-28-24/h7-12,16-18H,13-15H2,1-6H3. The van der Waals surface area contributed by atoms with E-state index in [1.807, 2.05) is 18.2 Å². The smallest absolute Gasteiger partial charge is 0.467 e. The molecule has 0 aromatic carbocycles. The normalized spacial score (nSPS) is 12.5. The molecule has 8 heteroatoms. The summed E-state index contributed by atoms with van der Waals surface area (Å²) >= 11 is 0. The highest BCUT2D eigenvalue weighted by atomic mass is 31.2. The van der Waals surface area contributed by atoms with Crippen molar-refractivity contribution >= 4 is 7.82 Å². The second-order valence-electron chi connectivity index (χ2n) is 8.63. The molecule has 3 heterocycles. The molecule has 0 radical (unpaired) electrons. The summed E-state index contributed by atoms with van der Waals surface area (Å²) in [6.45, 7) is 12.2. The molecule has 0 saturated heterocycles. The van der Waals surface area contributed by atoms with E-state index in [1.54, 1.807) is 18.8 Å². The van der Waals surface area contributed by atoms with Gasteiger partial charge < -0.3 is 13.3 Å². The van der Waals surface area contributed by atoms with Crippen molar-refractivity contribution in [2.24, 2.45) is 0 Å². The van der Waals surface area contributed by atoms with Crippen molar-refractivity contribution in [3.63, 3.8) is 0 Å². The first kappa shape index (κ1) is 24.6. The monoisotopic (exact) mass is 464 g/mol. The number of phosphoric acid groups is 1. The minimum absolute atomic E-state index is 0.0395. The molecule has 0 N–H and O–H groups in total. The summed E-state index contributed by atoms with van der Waals surface area (Å²) in [4.78, 5) is 0. The van der Waals surface area contributed by atoms with Crippen molar-refractivity contribution in [1.29, 1.82) is 0 Å². The molecule has 0 aliphatic heterocycles. The highest BCUT2D eigenvalue weighted by Gasteiger charge is 2.30. The van der Waals surface area contributed by atoms with E-state index in [9.17, 15) is 4.57 Å². The molecule has 0 atom stereocenters. The van der Waals surface area contributed by atoms with Gasteiger partial charge >= 0.3 is 7.82 Å². The minimum atomic E-state index is -3.97. The van der Waals surface area contributed by atoms with Gasteiger partial charge in [0.2, 0.25) is 0 Å². The van der Waals surface area contributed by atoms with Crippen LogP contribution < -0.4 is 0 Å². The Morgan fingerprint density at radius 2 is 0.906 bits per heavy atom. The Labute approximate surface area is 189 Å². The average molecular weight is 464 g/mol. The van der Waals surface area contributed by atoms with Crippen LogP contribution in [0.25, 0.3) is 0 Å². The van der Waals surface area contributed by atoms with E-state index in [-0.39, 0.29) is 37.6 Å². The molecule has 0 unspecified atom stereocenters. The first-order valence-electron chi connectivity index (χ1n) is 10.9. The summed E-state index contributed by atoms with van der Waals surface area (Å²) in [6, 6.07) is 5.64. The SMILES string of the molecule is CC(C)c1ccoc1COP(=O)(OCc1occc1C(C)C)OCc1occc1C(C)C. The molecule has 0 fully saturated rings. The Hall–Kier alpha value is -2.05. The number of hydrogen-bond donors (Lipinski definition) is 0. The fourth-order valence-electron chi connectivity index (χ4n) is 3.47. The number of furan rings is 3. The van der Waals surface area contributed by atoms with Crippen molar-refractivity contribution < 1.29 is 31.4 Å². The lowest BCUT2D eigenvalue weighted by Crippen LogP contribution is -2.04. The first-order valence-corrected chi connectivity index (χ1v) is 12.4. The molecule has 3 aromatic heterocycles. The molecule has 176 valence electrons. The lowest BCUT2D eigenvalue weighted by atomic mass is 10.0. The van der Waals surface area contributed by atoms with Crippen LogP contribution in [0, 0.1) is 0 Å². The van der Waals surface area contributed by atoms with E-state index in [0.29, 0.717) is 17.3 Å². The Kier molecular flexibility index (Phi) is 8.23. The predicted octanol–water partition coefficient (Wildman–Crippen LogP) is 7.89. The van der Waals surface area contributed by atoms with Crippen LogP contribution in [0.1, 0.15) is 93.3 Å². The van der Waals surface area contributed by atoms with Gasteiger partial charge in [-0.05, 0) is 52.6 Å². The highest BCUT2D eigenvalue weighted by molar-refractivity contribution is 7.48. The maximum Gasteiger partial charge on any atom is 0.476 e. The molecule has 3 aromatic rings. The molecule has 7 nitrogen and oxygen atoms in total. The minimum Gasteiger partial charge on any atom is -0.467 e. The largest absolute Gasteiger partial charge is 0.476 e. The topological polar surface area (TPSA) is 84.2 Å². The Bertz CT molecular complexity index is 896. The Balaban J connectivity index is 1.75. The van der Waals surface area contributed by atoms with E-state index >= 15 is 0 Å². The van der Waals surface area contributed by atoms with Gasteiger partial charge in [-0.3, -0.25) is 13.6 Å². The quantitative estimate of drug-likeness (QED) is 0.252. The molecule has 0 bridgehead atoms. The van der Waals surface area contributed by atoms with Crippen molar-refractivity contribution in [2.45, 2.75) is 79.1 Å². The third-order valence-corrected chi connectivity index (χ3v) is 6.60. The highest BCUT2D eigenvalue weighted by Crippen LogP contribution is 2.52. The fourth-order valence-corrected chi connectivity index (χ4v) is 4.52. The maximum atomic E-state index is 13.6. The predicted molar refractivity (Wildman–Crippen MR) is 120 cm³/mol. The molecule has 32 heavy (non-hydrogen) atoms. The van der Waals surface area contributed by atoms with Gasteiger partial charge in [0.1, 0.15) is 37.1 Å². The maximum absolute atomic E-state index is 13.6. The summed E-state index contributed by atoms with van der Waals surface area (Å²) in [6.07, 6.45) is 4.78. The Morgan fingerprint density at radius 3 is 1.16 bits per heavy atom. The summed E-state index contributed by atoms with van der Waals surface area (Å²) < 4.78 is 47.2. The van der Waals surface area contributed by atoms with E-state index in [4.69, 9.17) is 26.8 Å². The van der Waals surface area contributed by atoms with Crippen molar-refractivity contribution in [1.82, 2.24) is 0 Å². The van der Waals surface area contributed by atoms with Gasteiger partial charge in [0.15, 0.2) is 0 Å². The van der Waals surface area contributed by atoms with E-state index < -0.39 is 7.82 Å². The molecule has 0 aliphatic rings. The number of hydrogen-bond acceptors (Lipinski definition) is 7. The Morgan fingerprint density at radius 1 is 0.625 bits per heavy atom. The molecule has 0 aliphatic carbocycles. The lowest BCUT2D eigenvalue weighted by Gasteiger charge is -2.18. The molecule has 0 spiro atoms. The van der Waals surface area contributed by atoms with Crippen LogP contribution in [0.3, 0.4) is 0 Å². The third kappa shape index (κ3) is 6.04. The van der Waals surface area contributed by atoms with Crippen LogP contribution in [0.5, 0.6) is 0 Å². The van der Waals surface area contributed by atoms with Gasteiger partial charge in [-0.1, -0.05) is 41.5 Å². The molecule has 0 amide bonds. The van der Waals surface area contributed by atoms with E-state index in [2.05, 4.69) is 41.5 Å². The molecular formula is C24H33O7P. The molecule has 0 saturated carbocycles. The third-order valence-electron chi connectivity index (χ3n) is 5.27. The zero-order valence-corrected chi connectivity index (χ0v) is 20.5. The van der Waals surface area contributed by atoms with Crippen molar-refractivity contribution in [2.75, 3.05) is 0 Å². The number of phosphoric ester groups is 1. The summed E-state index contributed by atoms with van der Waals surface area (Å²) in [7, 11) is -3.97. The van der Waals surface area contributed by atoms with Crippen molar-refractivity contribution in [3.8, 4) is 0 Å². The number of rotatable bonds is 12. The van der Waals surface area contributed by atoms with Gasteiger partial charge in [-0.2, -0.15) is 0 Å². The van der Waals surface area contributed by atoms with E-state index in [1.165, 1.54) is 0 Å². The second kappa shape index (κ2) is 10.7. The zero-order chi connectivity index (χ0) is 23.3. The zero-order valence-electron chi connectivity index (χ0n) is 19.6. The van der Waals surface area contributed by atoms with Crippen LogP contribution in [-0.4, -0.2) is 0 Å². The van der Waals surface area contributed by atoms with Crippen LogP contribution >= 0.6 is 7.82 Å². The van der Waals surface area contributed by atoms with Crippen LogP contribution in [0.2, 0.25) is 0 Å². The summed E-state index contributed by atoms with van der Waals surface area (Å²) in [5, 5.41) is 0. The van der Waals surface area contributed by atoms with Gasteiger partial charge in [0, 0.05) is 0 Å². The summed E-state index contributed by atoms with van der Waals surface area (Å²) in [5.41, 5.74) is 2.95. The van der Waals surface area contributed by atoms with Gasteiger partial charge in [0.05, 0.1) is 18.8 Å². The van der Waals surface area contributed by atoms with Crippen LogP contribution in [0.15, 0.2) is 50.2 Å². The van der Waals surface area contributed by atoms with Crippen LogP contribution in [0.4, 0.5) is 0 Å². The fraction of sp³-hybridized carbons (Fsp3) is 0.500.